The Labute approximate surface area is 430 Å². The quantitative estimate of drug-likeness (QED) is 0.0905. The monoisotopic (exact) mass is 1040 g/mol. The van der Waals surface area contributed by atoms with Gasteiger partial charge in [0.1, 0.15) is 30.5 Å². The summed E-state index contributed by atoms with van der Waals surface area (Å²) in [6.07, 6.45) is -2.14. The smallest absolute Gasteiger partial charge is 0.331 e. The summed E-state index contributed by atoms with van der Waals surface area (Å²) >= 11 is 0. The van der Waals surface area contributed by atoms with E-state index in [-0.39, 0.29) is 37.2 Å². The van der Waals surface area contributed by atoms with Gasteiger partial charge in [-0.2, -0.15) is 0 Å². The molecule has 5 rings (SSSR count). The van der Waals surface area contributed by atoms with Crippen molar-refractivity contribution < 1.29 is 92.8 Å². The lowest BCUT2D eigenvalue weighted by molar-refractivity contribution is -0.344. The highest BCUT2D eigenvalue weighted by atomic mass is 16.8. The maximum absolute atomic E-state index is 13.7. The summed E-state index contributed by atoms with van der Waals surface area (Å²) in [5.41, 5.74) is 0. The molecule has 0 aromatic carbocycles. The van der Waals surface area contributed by atoms with Crippen molar-refractivity contribution in [3.05, 3.63) is 48.6 Å². The van der Waals surface area contributed by atoms with E-state index >= 15 is 0 Å². The molecule has 0 aromatic heterocycles. The number of ether oxygens (including phenoxy) is 9. The number of carbonyl (C=O) groups is 3. The van der Waals surface area contributed by atoms with Crippen molar-refractivity contribution in [3.8, 4) is 0 Å². The SMILES string of the molecule is CCC1C(C)OC(O)(C(C)C(O)C(C)C2OC(=O)C=CC=CC(C)C(C(C)C(O)C(C)C(=O)OC3OC(C)C(CC)C3OC3CC(O)C(O)C(C)O3)OC(=O)C=CC=CC2C)CC1OC1CC(O)C(O)C(C)O1. The molecule has 0 radical (unpaired) electrons. The normalized spacial score (nSPS) is 42.5. The lowest BCUT2D eigenvalue weighted by Gasteiger charge is -2.50. The number of esters is 3. The number of allylic oxidation sites excluding steroid dienone is 4. The van der Waals surface area contributed by atoms with Gasteiger partial charge in [0.05, 0.1) is 60.9 Å². The van der Waals surface area contributed by atoms with E-state index in [2.05, 4.69) is 0 Å². The van der Waals surface area contributed by atoms with Gasteiger partial charge in [0.15, 0.2) is 18.4 Å². The van der Waals surface area contributed by atoms with Crippen LogP contribution in [0.25, 0.3) is 0 Å². The van der Waals surface area contributed by atoms with E-state index in [4.69, 9.17) is 42.6 Å². The molecule has 7 N–H and O–H groups in total. The summed E-state index contributed by atoms with van der Waals surface area (Å²) in [5, 5.41) is 77.0. The van der Waals surface area contributed by atoms with E-state index in [9.17, 15) is 50.1 Å². The third-order valence-electron chi connectivity index (χ3n) is 16.0. The summed E-state index contributed by atoms with van der Waals surface area (Å²) in [6, 6.07) is 0. The first-order valence-electron chi connectivity index (χ1n) is 26.4. The summed E-state index contributed by atoms with van der Waals surface area (Å²) < 4.78 is 54.4. The fraction of sp³-hybridized carbons (Fsp3) is 0.796. The molecule has 26 unspecified atom stereocenters. The van der Waals surface area contributed by atoms with Gasteiger partial charge in [0.2, 0.25) is 6.29 Å². The molecule has 416 valence electrons. The molecule has 26 atom stereocenters. The van der Waals surface area contributed by atoms with Crippen LogP contribution >= 0.6 is 0 Å². The maximum atomic E-state index is 13.7. The highest BCUT2D eigenvalue weighted by molar-refractivity contribution is 5.83. The summed E-state index contributed by atoms with van der Waals surface area (Å²) in [5.74, 6) is -9.19. The third-order valence-corrected chi connectivity index (χ3v) is 16.0. The van der Waals surface area contributed by atoms with Crippen LogP contribution in [0.15, 0.2) is 48.6 Å². The molecule has 19 heteroatoms. The van der Waals surface area contributed by atoms with Crippen LogP contribution in [0.3, 0.4) is 0 Å². The van der Waals surface area contributed by atoms with Gasteiger partial charge >= 0.3 is 17.9 Å². The minimum absolute atomic E-state index is 0.00290. The number of rotatable bonds is 15. The average Bonchev–Trinajstić information content (AvgIpc) is 3.63. The van der Waals surface area contributed by atoms with Crippen LogP contribution in [0.5, 0.6) is 0 Å². The maximum Gasteiger partial charge on any atom is 0.331 e. The number of cyclic esters (lactones) is 2. The number of aliphatic hydroxyl groups excluding tert-OH is 6. The summed E-state index contributed by atoms with van der Waals surface area (Å²) in [6.45, 7) is 20.9. The van der Waals surface area contributed by atoms with Crippen molar-refractivity contribution in [2.75, 3.05) is 0 Å². The first-order valence-corrected chi connectivity index (χ1v) is 26.4. The molecule has 19 nitrogen and oxygen atoms in total. The molecule has 0 aromatic rings. The molecule has 0 saturated carbocycles. The Morgan fingerprint density at radius 3 is 1.63 bits per heavy atom. The lowest BCUT2D eigenvalue weighted by atomic mass is 9.76. The van der Waals surface area contributed by atoms with Crippen molar-refractivity contribution in [2.24, 2.45) is 47.3 Å². The Balaban J connectivity index is 1.25. The van der Waals surface area contributed by atoms with Crippen LogP contribution in [0.1, 0.15) is 115 Å². The average molecular weight is 1040 g/mol. The Hall–Kier alpha value is -3.15. The summed E-state index contributed by atoms with van der Waals surface area (Å²) in [4.78, 5) is 40.6. The largest absolute Gasteiger partial charge is 0.458 e. The number of carbonyl (C=O) groups excluding carboxylic acids is 3. The number of hydrogen-bond acceptors (Lipinski definition) is 19. The molecule has 5 aliphatic rings. The van der Waals surface area contributed by atoms with Gasteiger partial charge in [-0.05, 0) is 47.5 Å². The highest BCUT2D eigenvalue weighted by Crippen LogP contribution is 2.43. The molecule has 5 aliphatic heterocycles. The van der Waals surface area contributed by atoms with Gasteiger partial charge in [-0.15, -0.1) is 0 Å². The van der Waals surface area contributed by atoms with E-state index < -0.39 is 157 Å². The van der Waals surface area contributed by atoms with Crippen molar-refractivity contribution in [2.45, 2.75) is 225 Å². The predicted molar refractivity (Wildman–Crippen MR) is 263 cm³/mol. The van der Waals surface area contributed by atoms with E-state index in [1.807, 2.05) is 27.7 Å². The van der Waals surface area contributed by atoms with Crippen molar-refractivity contribution in [3.63, 3.8) is 0 Å². The lowest BCUT2D eigenvalue weighted by Crippen LogP contribution is -2.59. The number of aliphatic hydroxyl groups is 7. The van der Waals surface area contributed by atoms with Crippen molar-refractivity contribution in [1.29, 1.82) is 0 Å². The van der Waals surface area contributed by atoms with Gasteiger partial charge in [0, 0.05) is 72.8 Å². The van der Waals surface area contributed by atoms with Crippen LogP contribution in [-0.2, 0) is 57.0 Å². The molecule has 0 aliphatic carbocycles. The zero-order chi connectivity index (χ0) is 54.2. The van der Waals surface area contributed by atoms with Crippen LogP contribution in [0.4, 0.5) is 0 Å². The highest BCUT2D eigenvalue weighted by Gasteiger charge is 2.53. The molecule has 0 amide bonds. The molecule has 0 bridgehead atoms. The third kappa shape index (κ3) is 15.1. The van der Waals surface area contributed by atoms with Crippen LogP contribution in [0, 0.1) is 47.3 Å². The second-order valence-electron chi connectivity index (χ2n) is 21.4. The fourth-order valence-corrected chi connectivity index (χ4v) is 11.1. The number of hydrogen-bond donors (Lipinski definition) is 7. The topological polar surface area (TPSA) is 276 Å². The van der Waals surface area contributed by atoms with E-state index in [0.717, 1.165) is 0 Å². The van der Waals surface area contributed by atoms with Gasteiger partial charge < -0.3 is 78.4 Å². The van der Waals surface area contributed by atoms with E-state index in [0.29, 0.717) is 12.8 Å². The fourth-order valence-electron chi connectivity index (χ4n) is 11.1. The van der Waals surface area contributed by atoms with Crippen molar-refractivity contribution in [1.82, 2.24) is 0 Å². The zero-order valence-electron chi connectivity index (χ0n) is 44.6. The Bertz CT molecular complexity index is 1890. The first-order chi connectivity index (χ1) is 34.3. The van der Waals surface area contributed by atoms with E-state index in [1.165, 1.54) is 31.2 Å². The molecule has 5 heterocycles. The van der Waals surface area contributed by atoms with Gasteiger partial charge in [-0.25, -0.2) is 9.59 Å². The van der Waals surface area contributed by atoms with Gasteiger partial charge in [-0.3, -0.25) is 4.79 Å². The van der Waals surface area contributed by atoms with Crippen LogP contribution in [0.2, 0.25) is 0 Å². The molecular formula is C54H86O19. The molecular weight excluding hydrogens is 953 g/mol. The molecule has 73 heavy (non-hydrogen) atoms. The Kier molecular flexibility index (Phi) is 22.2. The Morgan fingerprint density at radius 1 is 0.671 bits per heavy atom. The van der Waals surface area contributed by atoms with E-state index in [1.54, 1.807) is 72.8 Å². The molecule has 4 fully saturated rings. The van der Waals surface area contributed by atoms with Crippen LogP contribution in [-0.4, -0.2) is 164 Å². The van der Waals surface area contributed by atoms with Crippen molar-refractivity contribution >= 4 is 17.9 Å². The second kappa shape index (κ2) is 26.8. The predicted octanol–water partition coefficient (Wildman–Crippen LogP) is 3.91. The van der Waals surface area contributed by atoms with Gasteiger partial charge in [0.25, 0.3) is 0 Å². The zero-order valence-corrected chi connectivity index (χ0v) is 44.6. The Morgan fingerprint density at radius 2 is 1.15 bits per heavy atom. The first kappa shape index (κ1) is 60.7. The minimum atomic E-state index is -1.88. The second-order valence-corrected chi connectivity index (χ2v) is 21.4. The standard InChI is InChI=1S/C54H86O19/c1-13-36-33(10)73-54(64,25-40(36)68-43-23-38(55)47(61)34(11)65-43)31(8)46(60)29(6)50-27(4)20-16-18-21-41(57)69-49(26(3)19-15-17-22-42(58)70-50)28(5)45(59)30(7)52(63)72-53-51(37(14-2)32(9)67-53)71-44-24-39(56)48(62)35(12)66-44/h15-22,26-40,43-51,53,55-56,59-62,64H,13-14,23-25H2,1-12H3. The van der Waals surface area contributed by atoms with Crippen LogP contribution < -0.4 is 0 Å². The molecule has 4 saturated heterocycles. The molecule has 0 spiro atoms. The van der Waals surface area contributed by atoms with Gasteiger partial charge in [-0.1, -0.05) is 84.9 Å². The summed E-state index contributed by atoms with van der Waals surface area (Å²) in [7, 11) is 0. The minimum Gasteiger partial charge on any atom is -0.458 e.